The Morgan fingerprint density at radius 2 is 2.38 bits per heavy atom. The average Bonchev–Trinajstić information content (AvgIpc) is 2.57. The lowest BCUT2D eigenvalue weighted by molar-refractivity contribution is 0.580. The fourth-order valence-corrected chi connectivity index (χ4v) is 2.06. The van der Waals surface area contributed by atoms with Crippen molar-refractivity contribution in [2.45, 2.75) is 19.8 Å². The van der Waals surface area contributed by atoms with Crippen molar-refractivity contribution in [1.82, 2.24) is 5.32 Å². The first kappa shape index (κ1) is 8.76. The molecule has 70 valence electrons. The van der Waals surface area contributed by atoms with Gasteiger partial charge >= 0.3 is 0 Å². The molecule has 1 fully saturated rings. The molecule has 0 amide bonds. The Morgan fingerprint density at radius 3 is 3.08 bits per heavy atom. The van der Waals surface area contributed by atoms with Gasteiger partial charge in [-0.3, -0.25) is 0 Å². The van der Waals surface area contributed by atoms with Gasteiger partial charge in [-0.25, -0.2) is 0 Å². The van der Waals surface area contributed by atoms with Gasteiger partial charge in [0.05, 0.1) is 0 Å². The van der Waals surface area contributed by atoms with E-state index in [0.717, 1.165) is 5.92 Å². The highest BCUT2D eigenvalue weighted by Gasteiger charge is 2.14. The summed E-state index contributed by atoms with van der Waals surface area (Å²) < 4.78 is 0. The highest BCUT2D eigenvalue weighted by atomic mass is 14.9. The summed E-state index contributed by atoms with van der Waals surface area (Å²) in [5.74, 6) is 0.863. The third-order valence-electron chi connectivity index (χ3n) is 2.77. The Labute approximate surface area is 80.2 Å². The molecule has 0 radical (unpaired) electrons. The molecule has 1 saturated heterocycles. The van der Waals surface area contributed by atoms with Crippen molar-refractivity contribution in [3.05, 3.63) is 35.4 Å². The molecule has 13 heavy (non-hydrogen) atoms. The van der Waals surface area contributed by atoms with Crippen LogP contribution in [0.3, 0.4) is 0 Å². The van der Waals surface area contributed by atoms with Crippen molar-refractivity contribution in [3.8, 4) is 0 Å². The second-order valence-corrected chi connectivity index (χ2v) is 4.05. The monoisotopic (exact) mass is 175 g/mol. The molecule has 0 saturated carbocycles. The quantitative estimate of drug-likeness (QED) is 0.726. The normalized spacial score (nSPS) is 22.1. The molecule has 2 rings (SSSR count). The summed E-state index contributed by atoms with van der Waals surface area (Å²) in [5, 5.41) is 3.41. The van der Waals surface area contributed by atoms with Gasteiger partial charge < -0.3 is 5.32 Å². The van der Waals surface area contributed by atoms with Gasteiger partial charge in [0.15, 0.2) is 0 Å². The van der Waals surface area contributed by atoms with Crippen LogP contribution < -0.4 is 5.32 Å². The zero-order valence-electron chi connectivity index (χ0n) is 8.22. The summed E-state index contributed by atoms with van der Waals surface area (Å²) in [7, 11) is 0. The van der Waals surface area contributed by atoms with Crippen molar-refractivity contribution in [2.75, 3.05) is 13.1 Å². The smallest absolute Gasteiger partial charge is 0.00169 e. The minimum absolute atomic E-state index is 0.863. The zero-order chi connectivity index (χ0) is 9.10. The van der Waals surface area contributed by atoms with Crippen LogP contribution in [0.1, 0.15) is 17.5 Å². The van der Waals surface area contributed by atoms with Crippen LogP contribution in [0.25, 0.3) is 0 Å². The average molecular weight is 175 g/mol. The molecule has 1 heteroatoms. The summed E-state index contributed by atoms with van der Waals surface area (Å²) in [6.45, 7) is 4.57. The fraction of sp³-hybridized carbons (Fsp3) is 0.500. The van der Waals surface area contributed by atoms with E-state index in [0.29, 0.717) is 0 Å². The van der Waals surface area contributed by atoms with Gasteiger partial charge in [0, 0.05) is 0 Å². The third kappa shape index (κ3) is 2.31. The Morgan fingerprint density at radius 1 is 1.46 bits per heavy atom. The van der Waals surface area contributed by atoms with Crippen LogP contribution in [0.4, 0.5) is 0 Å². The molecule has 1 atom stereocenters. The summed E-state index contributed by atoms with van der Waals surface area (Å²) in [4.78, 5) is 0. The number of rotatable bonds is 2. The first-order valence-electron chi connectivity index (χ1n) is 5.11. The molecule has 1 N–H and O–H groups in total. The van der Waals surface area contributed by atoms with Crippen LogP contribution in [0.15, 0.2) is 24.3 Å². The van der Waals surface area contributed by atoms with E-state index < -0.39 is 0 Å². The largest absolute Gasteiger partial charge is 0.316 e. The van der Waals surface area contributed by atoms with E-state index in [1.165, 1.54) is 37.1 Å². The van der Waals surface area contributed by atoms with Crippen molar-refractivity contribution in [3.63, 3.8) is 0 Å². The van der Waals surface area contributed by atoms with Gasteiger partial charge in [-0.05, 0) is 44.3 Å². The maximum atomic E-state index is 3.41. The van der Waals surface area contributed by atoms with Crippen molar-refractivity contribution < 1.29 is 0 Å². The van der Waals surface area contributed by atoms with Gasteiger partial charge in [0.1, 0.15) is 0 Å². The van der Waals surface area contributed by atoms with Crippen molar-refractivity contribution in [1.29, 1.82) is 0 Å². The first-order chi connectivity index (χ1) is 6.34. The molecular formula is C12H17N. The molecular weight excluding hydrogens is 158 g/mol. The van der Waals surface area contributed by atoms with Gasteiger partial charge in [-0.1, -0.05) is 29.8 Å². The van der Waals surface area contributed by atoms with Gasteiger partial charge in [0.2, 0.25) is 0 Å². The predicted molar refractivity (Wildman–Crippen MR) is 55.9 cm³/mol. The SMILES string of the molecule is Cc1cccc(C[C@@H]2CCNC2)c1. The maximum Gasteiger partial charge on any atom is -0.00169 e. The Kier molecular flexibility index (Phi) is 2.65. The Balaban J connectivity index is 2.00. The van der Waals surface area contributed by atoms with Crippen molar-refractivity contribution >= 4 is 0 Å². The summed E-state index contributed by atoms with van der Waals surface area (Å²) in [6, 6.07) is 8.87. The lowest BCUT2D eigenvalue weighted by atomic mass is 9.98. The minimum atomic E-state index is 0.863. The second-order valence-electron chi connectivity index (χ2n) is 4.05. The van der Waals surface area contributed by atoms with E-state index in [9.17, 15) is 0 Å². The van der Waals surface area contributed by atoms with Crippen LogP contribution in [-0.2, 0) is 6.42 Å². The molecule has 0 unspecified atom stereocenters. The molecule has 1 aliphatic rings. The lowest BCUT2D eigenvalue weighted by Crippen LogP contribution is -2.10. The van der Waals surface area contributed by atoms with E-state index >= 15 is 0 Å². The van der Waals surface area contributed by atoms with Crippen LogP contribution >= 0.6 is 0 Å². The summed E-state index contributed by atoms with van der Waals surface area (Å²) in [5.41, 5.74) is 2.87. The summed E-state index contributed by atoms with van der Waals surface area (Å²) in [6.07, 6.45) is 2.59. The van der Waals surface area contributed by atoms with Gasteiger partial charge in [-0.2, -0.15) is 0 Å². The van der Waals surface area contributed by atoms with E-state index in [-0.39, 0.29) is 0 Å². The van der Waals surface area contributed by atoms with Crippen LogP contribution in [0.2, 0.25) is 0 Å². The predicted octanol–water partition coefficient (Wildman–Crippen LogP) is 2.15. The Bertz CT molecular complexity index is 274. The highest BCUT2D eigenvalue weighted by molar-refractivity contribution is 5.22. The number of aryl methyl sites for hydroxylation is 1. The fourth-order valence-electron chi connectivity index (χ4n) is 2.06. The molecule has 0 aromatic heterocycles. The van der Waals surface area contributed by atoms with Crippen molar-refractivity contribution in [2.24, 2.45) is 5.92 Å². The number of nitrogens with one attached hydrogen (secondary N) is 1. The molecule has 0 aliphatic carbocycles. The first-order valence-corrected chi connectivity index (χ1v) is 5.11. The number of benzene rings is 1. The standard InChI is InChI=1S/C12H17N/c1-10-3-2-4-11(7-10)8-12-5-6-13-9-12/h2-4,7,12-13H,5-6,8-9H2,1H3/t12-/m0/s1. The van der Waals surface area contributed by atoms with E-state index in [2.05, 4.69) is 36.5 Å². The van der Waals surface area contributed by atoms with Crippen LogP contribution in [0.5, 0.6) is 0 Å². The van der Waals surface area contributed by atoms with E-state index in [1.54, 1.807) is 0 Å². The van der Waals surface area contributed by atoms with Crippen LogP contribution in [-0.4, -0.2) is 13.1 Å². The van der Waals surface area contributed by atoms with Crippen LogP contribution in [0, 0.1) is 12.8 Å². The number of hydrogen-bond acceptors (Lipinski definition) is 1. The molecule has 1 heterocycles. The molecule has 1 nitrogen and oxygen atoms in total. The lowest BCUT2D eigenvalue weighted by Gasteiger charge is -2.08. The topological polar surface area (TPSA) is 12.0 Å². The molecule has 1 aliphatic heterocycles. The molecule has 0 spiro atoms. The van der Waals surface area contributed by atoms with E-state index in [4.69, 9.17) is 0 Å². The van der Waals surface area contributed by atoms with E-state index in [1.807, 2.05) is 0 Å². The summed E-state index contributed by atoms with van der Waals surface area (Å²) >= 11 is 0. The minimum Gasteiger partial charge on any atom is -0.316 e. The molecule has 0 bridgehead atoms. The molecule has 1 aromatic carbocycles. The Hall–Kier alpha value is -0.820. The highest BCUT2D eigenvalue weighted by Crippen LogP contribution is 2.15. The van der Waals surface area contributed by atoms with Gasteiger partial charge in [0.25, 0.3) is 0 Å². The molecule has 1 aromatic rings. The van der Waals surface area contributed by atoms with Gasteiger partial charge in [-0.15, -0.1) is 0 Å². The second kappa shape index (κ2) is 3.93. The number of hydrogen-bond donors (Lipinski definition) is 1. The third-order valence-corrected chi connectivity index (χ3v) is 2.77. The maximum absolute atomic E-state index is 3.41. The zero-order valence-corrected chi connectivity index (χ0v) is 8.22.